The standard InChI is InChI=1S/C13H7BrClN3O2S/c14-6-1-4-10(19)7(5-6)13(20)16-11-8(15)2-3-9-12(11)18-21-17-9/h1-5,19H,(H,16,20). The van der Waals surface area contributed by atoms with Crippen molar-refractivity contribution in [1.82, 2.24) is 8.75 Å². The number of phenols is 1. The van der Waals surface area contributed by atoms with Crippen LogP contribution in [-0.2, 0) is 0 Å². The number of carbonyl (C=O) groups excluding carboxylic acids is 1. The van der Waals surface area contributed by atoms with Crippen molar-refractivity contribution < 1.29 is 9.90 Å². The molecule has 1 amide bonds. The molecule has 0 atom stereocenters. The van der Waals surface area contributed by atoms with Crippen LogP contribution in [0.25, 0.3) is 11.0 Å². The molecule has 1 aromatic heterocycles. The fraction of sp³-hybridized carbons (Fsp3) is 0. The predicted molar refractivity (Wildman–Crippen MR) is 86.2 cm³/mol. The van der Waals surface area contributed by atoms with Crippen LogP contribution >= 0.6 is 39.3 Å². The summed E-state index contributed by atoms with van der Waals surface area (Å²) in [6.45, 7) is 0. The summed E-state index contributed by atoms with van der Waals surface area (Å²) in [5.41, 5.74) is 1.70. The fourth-order valence-corrected chi connectivity index (χ4v) is 2.92. The predicted octanol–water partition coefficient (Wildman–Crippen LogP) is 4.07. The molecule has 0 saturated carbocycles. The highest BCUT2D eigenvalue weighted by atomic mass is 79.9. The van der Waals surface area contributed by atoms with Crippen LogP contribution in [0.1, 0.15) is 10.4 Å². The van der Waals surface area contributed by atoms with Crippen molar-refractivity contribution in [3.63, 3.8) is 0 Å². The second-order valence-electron chi connectivity index (χ2n) is 4.17. The lowest BCUT2D eigenvalue weighted by Gasteiger charge is -2.09. The molecular weight excluding hydrogens is 378 g/mol. The maximum absolute atomic E-state index is 12.3. The molecule has 0 bridgehead atoms. The molecule has 3 rings (SSSR count). The Labute approximate surface area is 137 Å². The van der Waals surface area contributed by atoms with Gasteiger partial charge >= 0.3 is 0 Å². The number of aromatic hydroxyl groups is 1. The number of anilines is 1. The number of aromatic nitrogens is 2. The molecule has 0 saturated heterocycles. The number of hydrogen-bond donors (Lipinski definition) is 2. The Morgan fingerprint density at radius 1 is 1.29 bits per heavy atom. The third-order valence-corrected chi connectivity index (χ3v) is 4.17. The van der Waals surface area contributed by atoms with Crippen molar-refractivity contribution in [3.05, 3.63) is 45.4 Å². The van der Waals surface area contributed by atoms with Crippen LogP contribution in [0.5, 0.6) is 5.75 Å². The van der Waals surface area contributed by atoms with E-state index in [0.29, 0.717) is 26.2 Å². The third kappa shape index (κ3) is 2.72. The van der Waals surface area contributed by atoms with Gasteiger partial charge in [0.1, 0.15) is 16.8 Å². The summed E-state index contributed by atoms with van der Waals surface area (Å²) in [5.74, 6) is -0.591. The molecule has 5 nitrogen and oxygen atoms in total. The van der Waals surface area contributed by atoms with E-state index in [4.69, 9.17) is 11.6 Å². The summed E-state index contributed by atoms with van der Waals surface area (Å²) in [6.07, 6.45) is 0. The van der Waals surface area contributed by atoms with E-state index in [1.165, 1.54) is 12.1 Å². The molecule has 21 heavy (non-hydrogen) atoms. The maximum atomic E-state index is 12.3. The lowest BCUT2D eigenvalue weighted by atomic mass is 10.1. The minimum Gasteiger partial charge on any atom is -0.507 e. The second kappa shape index (κ2) is 5.59. The highest BCUT2D eigenvalue weighted by Gasteiger charge is 2.16. The number of halogens is 2. The summed E-state index contributed by atoms with van der Waals surface area (Å²) < 4.78 is 8.91. The Balaban J connectivity index is 2.02. The van der Waals surface area contributed by atoms with Crippen LogP contribution in [0.15, 0.2) is 34.8 Å². The Morgan fingerprint density at radius 2 is 2.10 bits per heavy atom. The monoisotopic (exact) mass is 383 g/mol. The van der Waals surface area contributed by atoms with Gasteiger partial charge in [-0.2, -0.15) is 8.75 Å². The van der Waals surface area contributed by atoms with Crippen LogP contribution in [0.3, 0.4) is 0 Å². The number of rotatable bonds is 2. The van der Waals surface area contributed by atoms with Crippen molar-refractivity contribution in [2.75, 3.05) is 5.32 Å². The number of benzene rings is 2. The average molecular weight is 385 g/mol. The SMILES string of the molecule is O=C(Nc1c(Cl)ccc2nsnc12)c1cc(Br)ccc1O. The molecule has 0 fully saturated rings. The van der Waals surface area contributed by atoms with Crippen LogP contribution in [0, 0.1) is 0 Å². The molecule has 0 unspecified atom stereocenters. The largest absolute Gasteiger partial charge is 0.507 e. The Kier molecular flexibility index (Phi) is 3.79. The lowest BCUT2D eigenvalue weighted by Crippen LogP contribution is -2.13. The van der Waals surface area contributed by atoms with Gasteiger partial charge in [-0.15, -0.1) is 0 Å². The number of phenolic OH excluding ortho intramolecular Hbond substituents is 1. The highest BCUT2D eigenvalue weighted by molar-refractivity contribution is 9.10. The normalized spacial score (nSPS) is 10.8. The summed E-state index contributed by atoms with van der Waals surface area (Å²) in [4.78, 5) is 12.3. The van der Waals surface area contributed by atoms with E-state index in [0.717, 1.165) is 11.7 Å². The molecule has 0 spiro atoms. The zero-order valence-corrected chi connectivity index (χ0v) is 13.5. The zero-order valence-electron chi connectivity index (χ0n) is 10.3. The smallest absolute Gasteiger partial charge is 0.259 e. The van der Waals surface area contributed by atoms with Gasteiger partial charge < -0.3 is 10.4 Å². The molecule has 0 aliphatic rings. The van der Waals surface area contributed by atoms with Gasteiger partial charge in [0.25, 0.3) is 5.91 Å². The minimum absolute atomic E-state index is 0.115. The first-order valence-corrected chi connectivity index (χ1v) is 7.67. The number of nitrogens with one attached hydrogen (secondary N) is 1. The van der Waals surface area contributed by atoms with Crippen LogP contribution < -0.4 is 5.32 Å². The molecule has 0 radical (unpaired) electrons. The lowest BCUT2D eigenvalue weighted by molar-refractivity contribution is 0.102. The van der Waals surface area contributed by atoms with Gasteiger partial charge in [0.05, 0.1) is 28.0 Å². The van der Waals surface area contributed by atoms with Gasteiger partial charge in [0, 0.05) is 4.47 Å². The van der Waals surface area contributed by atoms with Gasteiger partial charge in [0.15, 0.2) is 0 Å². The van der Waals surface area contributed by atoms with E-state index < -0.39 is 5.91 Å². The number of nitrogens with zero attached hydrogens (tertiary/aromatic N) is 2. The van der Waals surface area contributed by atoms with Crippen molar-refractivity contribution in [1.29, 1.82) is 0 Å². The van der Waals surface area contributed by atoms with E-state index in [9.17, 15) is 9.90 Å². The molecule has 1 heterocycles. The summed E-state index contributed by atoms with van der Waals surface area (Å²) in [5, 5.41) is 12.8. The molecular formula is C13H7BrClN3O2S. The minimum atomic E-state index is -0.476. The number of amides is 1. The molecule has 106 valence electrons. The molecule has 3 aromatic rings. The Morgan fingerprint density at radius 3 is 2.90 bits per heavy atom. The average Bonchev–Trinajstić information content (AvgIpc) is 2.93. The number of carbonyl (C=O) groups is 1. The highest BCUT2D eigenvalue weighted by Crippen LogP contribution is 2.31. The molecule has 0 aliphatic heterocycles. The first-order valence-electron chi connectivity index (χ1n) is 5.77. The topological polar surface area (TPSA) is 75.1 Å². The molecule has 2 N–H and O–H groups in total. The second-order valence-corrected chi connectivity index (χ2v) is 6.02. The van der Waals surface area contributed by atoms with E-state index in [1.54, 1.807) is 18.2 Å². The Bertz CT molecular complexity index is 853. The summed E-state index contributed by atoms with van der Waals surface area (Å²) in [6, 6.07) is 7.98. The first-order chi connectivity index (χ1) is 10.1. The van der Waals surface area contributed by atoms with Crippen molar-refractivity contribution in [2.24, 2.45) is 0 Å². The van der Waals surface area contributed by atoms with Gasteiger partial charge in [-0.3, -0.25) is 4.79 Å². The molecule has 2 aromatic carbocycles. The maximum Gasteiger partial charge on any atom is 0.259 e. The van der Waals surface area contributed by atoms with Gasteiger partial charge in [-0.1, -0.05) is 27.5 Å². The summed E-state index contributed by atoms with van der Waals surface area (Å²) >= 11 is 10.4. The van der Waals surface area contributed by atoms with E-state index in [2.05, 4.69) is 30.0 Å². The first kappa shape index (κ1) is 14.2. The fourth-order valence-electron chi connectivity index (χ4n) is 1.82. The van der Waals surface area contributed by atoms with Crippen molar-refractivity contribution in [3.8, 4) is 5.75 Å². The quantitative estimate of drug-likeness (QED) is 0.698. The van der Waals surface area contributed by atoms with Gasteiger partial charge in [0.2, 0.25) is 0 Å². The van der Waals surface area contributed by atoms with E-state index >= 15 is 0 Å². The van der Waals surface area contributed by atoms with E-state index in [-0.39, 0.29) is 11.3 Å². The van der Waals surface area contributed by atoms with Crippen LogP contribution in [0.4, 0.5) is 5.69 Å². The van der Waals surface area contributed by atoms with Gasteiger partial charge in [-0.05, 0) is 30.3 Å². The number of hydrogen-bond acceptors (Lipinski definition) is 5. The molecule has 8 heteroatoms. The molecule has 0 aliphatic carbocycles. The Hall–Kier alpha value is -1.70. The van der Waals surface area contributed by atoms with Crippen LogP contribution in [-0.4, -0.2) is 19.8 Å². The van der Waals surface area contributed by atoms with Crippen molar-refractivity contribution in [2.45, 2.75) is 0 Å². The van der Waals surface area contributed by atoms with Gasteiger partial charge in [-0.25, -0.2) is 0 Å². The van der Waals surface area contributed by atoms with Crippen molar-refractivity contribution >= 4 is 61.9 Å². The van der Waals surface area contributed by atoms with E-state index in [1.807, 2.05) is 0 Å². The zero-order chi connectivity index (χ0) is 15.0. The van der Waals surface area contributed by atoms with Crippen LogP contribution in [0.2, 0.25) is 5.02 Å². The number of fused-ring (bicyclic) bond motifs is 1. The third-order valence-electron chi connectivity index (χ3n) is 2.82. The summed E-state index contributed by atoms with van der Waals surface area (Å²) in [7, 11) is 0.